The topological polar surface area (TPSA) is 112 Å². The molecular weight excluding hydrogens is 326 g/mol. The number of aryl methyl sites for hydroxylation is 1. The van der Waals surface area contributed by atoms with Crippen molar-refractivity contribution in [1.82, 2.24) is 14.3 Å². The summed E-state index contributed by atoms with van der Waals surface area (Å²) in [4.78, 5) is 35.1. The van der Waals surface area contributed by atoms with E-state index in [2.05, 4.69) is 10.4 Å². The van der Waals surface area contributed by atoms with E-state index in [1.54, 1.807) is 17.6 Å². The van der Waals surface area contributed by atoms with Crippen LogP contribution in [0.25, 0.3) is 0 Å². The van der Waals surface area contributed by atoms with Gasteiger partial charge in [0, 0.05) is 19.0 Å². The molecule has 1 aliphatic heterocycles. The Labute approximate surface area is 143 Å². The Morgan fingerprint density at radius 2 is 2.16 bits per heavy atom. The Hall–Kier alpha value is -2.97. The van der Waals surface area contributed by atoms with Crippen LogP contribution in [0.1, 0.15) is 30.7 Å². The number of nitrogens with zero attached hydrogens (tertiary/aromatic N) is 4. The molecule has 25 heavy (non-hydrogen) atoms. The molecule has 2 aromatic rings. The molecular formula is C16H19N5O4. The lowest BCUT2D eigenvalue weighted by atomic mass is 10.1. The summed E-state index contributed by atoms with van der Waals surface area (Å²) in [7, 11) is 0. The van der Waals surface area contributed by atoms with Crippen LogP contribution in [0.5, 0.6) is 0 Å². The van der Waals surface area contributed by atoms with Gasteiger partial charge < -0.3 is 5.32 Å². The van der Waals surface area contributed by atoms with Crippen LogP contribution in [0.2, 0.25) is 0 Å². The summed E-state index contributed by atoms with van der Waals surface area (Å²) in [5, 5.41) is 17.9. The number of nitro groups is 1. The number of carbonyl (C=O) groups is 1. The molecule has 0 unspecified atom stereocenters. The number of hydrogen-bond acceptors (Lipinski definition) is 5. The van der Waals surface area contributed by atoms with Gasteiger partial charge in [0.2, 0.25) is 5.91 Å². The SMILES string of the molecule is Cc1c(NC(=O)Cn2nc3n(c2=O)CCCCC3)cccc1[N+](=O)[O-]. The number of aromatic nitrogens is 3. The molecule has 0 saturated carbocycles. The fraction of sp³-hybridized carbons (Fsp3) is 0.438. The van der Waals surface area contributed by atoms with Gasteiger partial charge in [-0.15, -0.1) is 0 Å². The Bertz CT molecular complexity index is 883. The van der Waals surface area contributed by atoms with Crippen LogP contribution in [0.4, 0.5) is 11.4 Å². The van der Waals surface area contributed by atoms with E-state index in [1.165, 1.54) is 12.1 Å². The molecule has 9 nitrogen and oxygen atoms in total. The fourth-order valence-electron chi connectivity index (χ4n) is 3.01. The van der Waals surface area contributed by atoms with Crippen LogP contribution in [-0.2, 0) is 24.3 Å². The molecule has 2 heterocycles. The molecule has 1 aliphatic rings. The van der Waals surface area contributed by atoms with Gasteiger partial charge in [0.25, 0.3) is 5.69 Å². The number of nitro benzene ring substituents is 1. The zero-order valence-electron chi connectivity index (χ0n) is 13.9. The van der Waals surface area contributed by atoms with E-state index < -0.39 is 10.8 Å². The molecule has 0 fully saturated rings. The Morgan fingerprint density at radius 1 is 1.36 bits per heavy atom. The highest BCUT2D eigenvalue weighted by Crippen LogP contribution is 2.24. The third-order valence-corrected chi connectivity index (χ3v) is 4.35. The van der Waals surface area contributed by atoms with Gasteiger partial charge in [-0.05, 0) is 25.8 Å². The first-order valence-corrected chi connectivity index (χ1v) is 8.18. The van der Waals surface area contributed by atoms with Crippen molar-refractivity contribution in [2.24, 2.45) is 0 Å². The van der Waals surface area contributed by atoms with Crippen molar-refractivity contribution in [2.45, 2.75) is 45.7 Å². The van der Waals surface area contributed by atoms with E-state index >= 15 is 0 Å². The van der Waals surface area contributed by atoms with Gasteiger partial charge in [0.05, 0.1) is 16.2 Å². The molecule has 0 spiro atoms. The standard InChI is InChI=1S/C16H19N5O4/c1-11-12(6-5-7-13(11)21(24)25)17-15(22)10-20-16(23)19-9-4-2-3-8-14(19)18-20/h5-7H,2-4,8-10H2,1H3,(H,17,22). The first kappa shape index (κ1) is 16.9. The zero-order chi connectivity index (χ0) is 18.0. The maximum atomic E-state index is 12.4. The molecule has 3 rings (SSSR count). The fourth-order valence-corrected chi connectivity index (χ4v) is 3.01. The molecule has 0 aliphatic carbocycles. The molecule has 1 aromatic heterocycles. The molecule has 0 radical (unpaired) electrons. The molecule has 132 valence electrons. The lowest BCUT2D eigenvalue weighted by Crippen LogP contribution is -2.30. The average molecular weight is 345 g/mol. The van der Waals surface area contributed by atoms with Crippen molar-refractivity contribution in [3.05, 3.63) is 50.2 Å². The normalized spacial score (nSPS) is 13.8. The largest absolute Gasteiger partial charge is 0.346 e. The van der Waals surface area contributed by atoms with Crippen LogP contribution in [0.15, 0.2) is 23.0 Å². The third kappa shape index (κ3) is 3.44. The number of amides is 1. The molecule has 0 atom stereocenters. The summed E-state index contributed by atoms with van der Waals surface area (Å²) < 4.78 is 2.78. The van der Waals surface area contributed by atoms with Crippen LogP contribution in [0, 0.1) is 17.0 Å². The van der Waals surface area contributed by atoms with Gasteiger partial charge in [0.1, 0.15) is 12.4 Å². The number of fused-ring (bicyclic) bond motifs is 1. The van der Waals surface area contributed by atoms with Crippen molar-refractivity contribution in [3.63, 3.8) is 0 Å². The number of carbonyl (C=O) groups excluding carboxylic acids is 1. The van der Waals surface area contributed by atoms with E-state index in [0.29, 0.717) is 23.6 Å². The zero-order valence-corrected chi connectivity index (χ0v) is 13.9. The average Bonchev–Trinajstić information content (AvgIpc) is 2.74. The van der Waals surface area contributed by atoms with E-state index in [-0.39, 0.29) is 17.9 Å². The second-order valence-electron chi connectivity index (χ2n) is 6.07. The minimum atomic E-state index is -0.498. The van der Waals surface area contributed by atoms with Crippen LogP contribution in [0.3, 0.4) is 0 Å². The maximum Gasteiger partial charge on any atom is 0.346 e. The maximum absolute atomic E-state index is 12.4. The second-order valence-corrected chi connectivity index (χ2v) is 6.07. The van der Waals surface area contributed by atoms with Gasteiger partial charge in [-0.25, -0.2) is 9.48 Å². The summed E-state index contributed by atoms with van der Waals surface area (Å²) in [5.41, 5.74) is 0.369. The first-order valence-electron chi connectivity index (χ1n) is 8.18. The predicted octanol–water partition coefficient (Wildman–Crippen LogP) is 1.63. The number of hydrogen-bond donors (Lipinski definition) is 1. The van der Waals surface area contributed by atoms with E-state index in [4.69, 9.17) is 0 Å². The van der Waals surface area contributed by atoms with Crippen molar-refractivity contribution >= 4 is 17.3 Å². The minimum absolute atomic E-state index is 0.0660. The summed E-state index contributed by atoms with van der Waals surface area (Å²) in [6, 6.07) is 4.47. The summed E-state index contributed by atoms with van der Waals surface area (Å²) >= 11 is 0. The van der Waals surface area contributed by atoms with Crippen molar-refractivity contribution in [1.29, 1.82) is 0 Å². The van der Waals surface area contributed by atoms with E-state index in [0.717, 1.165) is 30.4 Å². The van der Waals surface area contributed by atoms with Crippen molar-refractivity contribution in [3.8, 4) is 0 Å². The Kier molecular flexibility index (Phi) is 4.64. The lowest BCUT2D eigenvalue weighted by molar-refractivity contribution is -0.385. The number of nitrogens with one attached hydrogen (secondary N) is 1. The third-order valence-electron chi connectivity index (χ3n) is 4.35. The smallest absolute Gasteiger partial charge is 0.324 e. The molecule has 0 bridgehead atoms. The Balaban J connectivity index is 1.77. The predicted molar refractivity (Wildman–Crippen MR) is 90.5 cm³/mol. The lowest BCUT2D eigenvalue weighted by Gasteiger charge is -2.08. The molecule has 9 heteroatoms. The quantitative estimate of drug-likeness (QED) is 0.668. The molecule has 1 N–H and O–H groups in total. The number of rotatable bonds is 4. The van der Waals surface area contributed by atoms with E-state index in [1.807, 2.05) is 0 Å². The highest BCUT2D eigenvalue weighted by atomic mass is 16.6. The molecule has 0 saturated heterocycles. The van der Waals surface area contributed by atoms with Gasteiger partial charge in [-0.1, -0.05) is 12.5 Å². The minimum Gasteiger partial charge on any atom is -0.324 e. The van der Waals surface area contributed by atoms with Gasteiger partial charge >= 0.3 is 5.69 Å². The molecule has 1 aromatic carbocycles. The van der Waals surface area contributed by atoms with E-state index in [9.17, 15) is 19.7 Å². The number of benzene rings is 1. The van der Waals surface area contributed by atoms with Crippen LogP contribution in [-0.4, -0.2) is 25.2 Å². The number of anilines is 1. The van der Waals surface area contributed by atoms with Crippen LogP contribution < -0.4 is 11.0 Å². The second kappa shape index (κ2) is 6.88. The summed E-state index contributed by atoms with van der Waals surface area (Å²) in [5.74, 6) is 0.265. The van der Waals surface area contributed by atoms with Crippen molar-refractivity contribution < 1.29 is 9.72 Å². The van der Waals surface area contributed by atoms with Gasteiger partial charge in [-0.3, -0.25) is 19.5 Å². The van der Waals surface area contributed by atoms with Gasteiger partial charge in [-0.2, -0.15) is 5.10 Å². The Morgan fingerprint density at radius 3 is 2.92 bits per heavy atom. The van der Waals surface area contributed by atoms with Crippen molar-refractivity contribution in [2.75, 3.05) is 5.32 Å². The summed E-state index contributed by atoms with van der Waals surface area (Å²) in [6.07, 6.45) is 3.70. The highest BCUT2D eigenvalue weighted by Gasteiger charge is 2.19. The summed E-state index contributed by atoms with van der Waals surface area (Å²) in [6.45, 7) is 1.97. The highest BCUT2D eigenvalue weighted by molar-refractivity contribution is 5.91. The monoisotopic (exact) mass is 345 g/mol. The molecule has 1 amide bonds. The van der Waals surface area contributed by atoms with Crippen LogP contribution >= 0.6 is 0 Å². The van der Waals surface area contributed by atoms with Gasteiger partial charge in [0.15, 0.2) is 0 Å². The first-order chi connectivity index (χ1) is 12.0.